The van der Waals surface area contributed by atoms with Gasteiger partial charge in [0.15, 0.2) is 5.69 Å². The molecule has 0 saturated carbocycles. The zero-order chi connectivity index (χ0) is 20.4. The van der Waals surface area contributed by atoms with Crippen LogP contribution in [-0.2, 0) is 4.79 Å². The second-order valence-corrected chi connectivity index (χ2v) is 7.11. The number of hydrogen-bond acceptors (Lipinski definition) is 7. The minimum absolute atomic E-state index is 0.0730. The summed E-state index contributed by atoms with van der Waals surface area (Å²) in [6.07, 6.45) is 1.48. The molecule has 1 atom stereocenters. The maximum Gasteiger partial charge on any atom is 0.247 e. The number of thioether (sulfide) groups is 1. The number of anilines is 1. The minimum Gasteiger partial charge on any atom is -0.497 e. The first-order valence-electron chi connectivity index (χ1n) is 9.17. The Morgan fingerprint density at radius 3 is 2.79 bits per heavy atom. The van der Waals surface area contributed by atoms with Crippen LogP contribution in [0.3, 0.4) is 0 Å². The monoisotopic (exact) mass is 408 g/mol. The molecule has 0 spiro atoms. The highest BCUT2D eigenvalue weighted by molar-refractivity contribution is 7.98. The van der Waals surface area contributed by atoms with Crippen LogP contribution in [0, 0.1) is 0 Å². The van der Waals surface area contributed by atoms with Crippen LogP contribution in [-0.4, -0.2) is 34.5 Å². The van der Waals surface area contributed by atoms with Gasteiger partial charge in [0.25, 0.3) is 0 Å². The molecule has 0 bridgehead atoms. The van der Waals surface area contributed by atoms with Crippen LogP contribution in [0.5, 0.6) is 11.6 Å². The molecular formula is C21H20N4O3S. The number of para-hydroxylation sites is 1. The Bertz CT molecular complexity index is 1060. The van der Waals surface area contributed by atoms with E-state index in [0.29, 0.717) is 34.6 Å². The molecule has 29 heavy (non-hydrogen) atoms. The molecule has 0 fully saturated rings. The van der Waals surface area contributed by atoms with Crippen molar-refractivity contribution in [2.75, 3.05) is 18.3 Å². The zero-order valence-electron chi connectivity index (χ0n) is 16.3. The number of nitrogens with zero attached hydrogens (tertiary/aromatic N) is 4. The van der Waals surface area contributed by atoms with E-state index in [1.807, 2.05) is 61.7 Å². The lowest BCUT2D eigenvalue weighted by Gasteiger charge is -2.30. The first kappa shape index (κ1) is 19.2. The third kappa shape index (κ3) is 3.51. The maximum atomic E-state index is 13.0. The summed E-state index contributed by atoms with van der Waals surface area (Å²) in [5.41, 5.74) is 2.75. The Hall–Kier alpha value is -3.13. The number of carbonyl (C=O) groups excluding carboxylic acids is 1. The van der Waals surface area contributed by atoms with Crippen molar-refractivity contribution in [3.8, 4) is 22.9 Å². The Labute approximate surface area is 173 Å². The fourth-order valence-corrected chi connectivity index (χ4v) is 3.55. The van der Waals surface area contributed by atoms with E-state index in [0.717, 1.165) is 11.1 Å². The topological polar surface area (TPSA) is 77.4 Å². The SMILES string of the molecule is CCC(=O)N1c2ccccc2-c2nnc(SC)nc2O[C@@H]1c1cccc(OC)c1. The number of ether oxygens (including phenoxy) is 2. The van der Waals surface area contributed by atoms with Gasteiger partial charge in [0.05, 0.1) is 12.8 Å². The van der Waals surface area contributed by atoms with Gasteiger partial charge in [0.1, 0.15) is 5.75 Å². The van der Waals surface area contributed by atoms with Gasteiger partial charge in [-0.3, -0.25) is 9.69 Å². The van der Waals surface area contributed by atoms with Gasteiger partial charge in [0, 0.05) is 17.5 Å². The van der Waals surface area contributed by atoms with Crippen LogP contribution in [0.2, 0.25) is 0 Å². The summed E-state index contributed by atoms with van der Waals surface area (Å²) >= 11 is 1.38. The Kier molecular flexibility index (Phi) is 5.35. The lowest BCUT2D eigenvalue weighted by Crippen LogP contribution is -2.37. The number of aromatic nitrogens is 3. The van der Waals surface area contributed by atoms with Gasteiger partial charge in [0.2, 0.25) is 23.2 Å². The van der Waals surface area contributed by atoms with Crippen molar-refractivity contribution in [3.63, 3.8) is 0 Å². The summed E-state index contributed by atoms with van der Waals surface area (Å²) in [6, 6.07) is 15.1. The third-order valence-corrected chi connectivity index (χ3v) is 5.18. The third-order valence-electron chi connectivity index (χ3n) is 4.64. The van der Waals surface area contributed by atoms with E-state index in [4.69, 9.17) is 9.47 Å². The summed E-state index contributed by atoms with van der Waals surface area (Å²) < 4.78 is 11.7. The first-order valence-corrected chi connectivity index (χ1v) is 10.4. The summed E-state index contributed by atoms with van der Waals surface area (Å²) in [6.45, 7) is 1.83. The van der Waals surface area contributed by atoms with Crippen molar-refractivity contribution in [2.24, 2.45) is 0 Å². The number of hydrogen-bond donors (Lipinski definition) is 0. The number of carbonyl (C=O) groups is 1. The summed E-state index contributed by atoms with van der Waals surface area (Å²) in [5.74, 6) is 0.950. The Morgan fingerprint density at radius 1 is 1.21 bits per heavy atom. The molecule has 3 aromatic rings. The van der Waals surface area contributed by atoms with Crippen LogP contribution in [0.15, 0.2) is 53.7 Å². The lowest BCUT2D eigenvalue weighted by atomic mass is 10.1. The van der Waals surface area contributed by atoms with Crippen LogP contribution in [0.25, 0.3) is 11.3 Å². The molecule has 0 N–H and O–H groups in total. The highest BCUT2D eigenvalue weighted by Gasteiger charge is 2.35. The summed E-state index contributed by atoms with van der Waals surface area (Å²) in [7, 11) is 1.61. The van der Waals surface area contributed by atoms with Crippen LogP contribution in [0.1, 0.15) is 25.1 Å². The molecule has 0 aliphatic carbocycles. The molecule has 1 aliphatic heterocycles. The molecule has 8 heteroatoms. The summed E-state index contributed by atoms with van der Waals surface area (Å²) in [4.78, 5) is 19.2. The van der Waals surface area contributed by atoms with Gasteiger partial charge in [-0.1, -0.05) is 49.0 Å². The van der Waals surface area contributed by atoms with Gasteiger partial charge in [-0.2, -0.15) is 4.98 Å². The summed E-state index contributed by atoms with van der Waals surface area (Å²) in [5, 5.41) is 9.02. The Morgan fingerprint density at radius 2 is 2.03 bits per heavy atom. The molecule has 1 aromatic heterocycles. The fourth-order valence-electron chi connectivity index (χ4n) is 3.25. The van der Waals surface area contributed by atoms with Crippen LogP contribution >= 0.6 is 11.8 Å². The fraction of sp³-hybridized carbons (Fsp3) is 0.238. The van der Waals surface area contributed by atoms with Crippen molar-refractivity contribution >= 4 is 23.4 Å². The second-order valence-electron chi connectivity index (χ2n) is 6.33. The molecule has 7 nitrogen and oxygen atoms in total. The standard InChI is InChI=1S/C21H20N4O3S/c1-4-17(26)25-16-11-6-5-10-15(16)18-19(22-21(29-3)24-23-18)28-20(25)13-8-7-9-14(12-13)27-2/h5-12,20H,4H2,1-3H3/t20-/m1/s1. The smallest absolute Gasteiger partial charge is 0.247 e. The number of fused-ring (bicyclic) bond motifs is 3. The van der Waals surface area contributed by atoms with Crippen LogP contribution < -0.4 is 14.4 Å². The first-order chi connectivity index (χ1) is 14.2. The highest BCUT2D eigenvalue weighted by Crippen LogP contribution is 2.43. The quantitative estimate of drug-likeness (QED) is 0.601. The van der Waals surface area contributed by atoms with E-state index >= 15 is 0 Å². The lowest BCUT2D eigenvalue weighted by molar-refractivity contribution is -0.120. The predicted octanol–water partition coefficient (Wildman–Crippen LogP) is 4.10. The largest absolute Gasteiger partial charge is 0.497 e. The zero-order valence-corrected chi connectivity index (χ0v) is 17.1. The molecule has 0 saturated heterocycles. The van der Waals surface area contributed by atoms with Gasteiger partial charge < -0.3 is 9.47 Å². The average Bonchev–Trinajstić information content (AvgIpc) is 2.92. The van der Waals surface area contributed by atoms with Crippen molar-refractivity contribution in [2.45, 2.75) is 24.7 Å². The van der Waals surface area contributed by atoms with Crippen molar-refractivity contribution < 1.29 is 14.3 Å². The molecule has 148 valence electrons. The number of benzene rings is 2. The molecule has 2 aromatic carbocycles. The normalized spacial score (nSPS) is 15.0. The van der Waals surface area contributed by atoms with E-state index in [2.05, 4.69) is 15.2 Å². The molecule has 0 radical (unpaired) electrons. The van der Waals surface area contributed by atoms with E-state index in [9.17, 15) is 4.79 Å². The van der Waals surface area contributed by atoms with Crippen molar-refractivity contribution in [3.05, 3.63) is 54.1 Å². The van der Waals surface area contributed by atoms with E-state index < -0.39 is 6.23 Å². The number of methoxy groups -OCH3 is 1. The van der Waals surface area contributed by atoms with Gasteiger partial charge in [-0.25, -0.2) is 0 Å². The minimum atomic E-state index is -0.716. The predicted molar refractivity (Wildman–Crippen MR) is 111 cm³/mol. The molecule has 0 unspecified atom stereocenters. The average molecular weight is 408 g/mol. The van der Waals surface area contributed by atoms with Crippen LogP contribution in [0.4, 0.5) is 5.69 Å². The Balaban J connectivity index is 1.97. The number of amides is 1. The molecule has 1 amide bonds. The van der Waals surface area contributed by atoms with Gasteiger partial charge >= 0.3 is 0 Å². The molecule has 1 aliphatic rings. The van der Waals surface area contributed by atoms with Crippen molar-refractivity contribution in [1.82, 2.24) is 15.2 Å². The molecular weight excluding hydrogens is 388 g/mol. The van der Waals surface area contributed by atoms with E-state index in [1.165, 1.54) is 11.8 Å². The molecule has 4 rings (SSSR count). The second kappa shape index (κ2) is 8.08. The number of rotatable bonds is 4. The highest BCUT2D eigenvalue weighted by atomic mass is 32.2. The van der Waals surface area contributed by atoms with Gasteiger partial charge in [-0.05, 0) is 24.5 Å². The van der Waals surface area contributed by atoms with E-state index in [-0.39, 0.29) is 5.91 Å². The maximum absolute atomic E-state index is 13.0. The van der Waals surface area contributed by atoms with Crippen molar-refractivity contribution in [1.29, 1.82) is 0 Å². The van der Waals surface area contributed by atoms with E-state index in [1.54, 1.807) is 12.0 Å². The molecule has 2 heterocycles. The van der Waals surface area contributed by atoms with Gasteiger partial charge in [-0.15, -0.1) is 10.2 Å².